The molecule has 0 aliphatic carbocycles. The van der Waals surface area contributed by atoms with Crippen LogP contribution >= 0.6 is 0 Å². The van der Waals surface area contributed by atoms with E-state index in [1.807, 2.05) is 24.3 Å². The lowest BCUT2D eigenvalue weighted by Gasteiger charge is -2.10. The number of rotatable bonds is 9. The van der Waals surface area contributed by atoms with Crippen molar-refractivity contribution in [2.24, 2.45) is 0 Å². The highest BCUT2D eigenvalue weighted by molar-refractivity contribution is 5.94. The fourth-order valence-corrected chi connectivity index (χ4v) is 2.99. The molecular formula is C25H21N5O6. The lowest BCUT2D eigenvalue weighted by molar-refractivity contribution is -0.384. The number of non-ortho nitro benzene ring substituents is 1. The van der Waals surface area contributed by atoms with Crippen LogP contribution in [0.3, 0.4) is 0 Å². The summed E-state index contributed by atoms with van der Waals surface area (Å²) in [7, 11) is 0. The molecule has 0 aliphatic rings. The quantitative estimate of drug-likeness (QED) is 0.308. The molecule has 11 heteroatoms. The normalized spacial score (nSPS) is 9.97. The lowest BCUT2D eigenvalue weighted by atomic mass is 10.0. The van der Waals surface area contributed by atoms with Gasteiger partial charge in [-0.05, 0) is 47.5 Å². The number of hydrogen-bond acceptors (Lipinski definition) is 7. The second-order valence-electron chi connectivity index (χ2n) is 7.41. The Bertz CT molecular complexity index is 1280. The van der Waals surface area contributed by atoms with Gasteiger partial charge in [-0.15, -0.1) is 0 Å². The summed E-state index contributed by atoms with van der Waals surface area (Å²) in [5.74, 6) is -1.13. The molecule has 0 bridgehead atoms. The molecule has 3 N–H and O–H groups in total. The van der Waals surface area contributed by atoms with Crippen molar-refractivity contribution in [2.45, 2.75) is 6.42 Å². The molecule has 182 valence electrons. The third-order valence-corrected chi connectivity index (χ3v) is 4.89. The molecule has 36 heavy (non-hydrogen) atoms. The molecule has 0 aromatic heterocycles. The second kappa shape index (κ2) is 12.3. The SMILES string of the molecule is N#Cc1ccc(-c2ccc(OCC(=O)NNC(=O)CCNC(=O)c3ccc([N+](=O)[O-])cc3)cc2)cc1. The zero-order valence-corrected chi connectivity index (χ0v) is 18.9. The maximum Gasteiger partial charge on any atom is 0.276 e. The van der Waals surface area contributed by atoms with E-state index in [0.717, 1.165) is 11.1 Å². The Morgan fingerprint density at radius 3 is 2.03 bits per heavy atom. The van der Waals surface area contributed by atoms with E-state index in [4.69, 9.17) is 10.00 Å². The minimum absolute atomic E-state index is 0.000385. The van der Waals surface area contributed by atoms with E-state index >= 15 is 0 Å². The van der Waals surface area contributed by atoms with E-state index in [1.165, 1.54) is 24.3 Å². The van der Waals surface area contributed by atoms with Crippen molar-refractivity contribution >= 4 is 23.4 Å². The third-order valence-electron chi connectivity index (χ3n) is 4.89. The number of carbonyl (C=O) groups is 3. The number of ether oxygens (including phenoxy) is 1. The van der Waals surface area contributed by atoms with Crippen LogP contribution in [0.25, 0.3) is 11.1 Å². The highest BCUT2D eigenvalue weighted by Gasteiger charge is 2.11. The van der Waals surface area contributed by atoms with Crippen LogP contribution in [0.15, 0.2) is 72.8 Å². The standard InChI is InChI=1S/C25H21N5O6/c26-15-17-1-3-18(4-2-17)19-7-11-22(12-8-19)36-16-24(32)29-28-23(31)13-14-27-25(33)20-5-9-21(10-6-20)30(34)35/h1-12H,13-14,16H2,(H,27,33)(H,28,31)(H,29,32). The monoisotopic (exact) mass is 487 g/mol. The van der Waals surface area contributed by atoms with Gasteiger partial charge in [0.2, 0.25) is 5.91 Å². The fourth-order valence-electron chi connectivity index (χ4n) is 2.99. The first-order chi connectivity index (χ1) is 17.4. The first kappa shape index (κ1) is 25.4. The van der Waals surface area contributed by atoms with E-state index < -0.39 is 22.6 Å². The Balaban J connectivity index is 1.34. The van der Waals surface area contributed by atoms with Crippen molar-refractivity contribution in [3.63, 3.8) is 0 Å². The molecule has 0 spiro atoms. The number of nitrogens with one attached hydrogen (secondary N) is 3. The third kappa shape index (κ3) is 7.39. The first-order valence-corrected chi connectivity index (χ1v) is 10.7. The van der Waals surface area contributed by atoms with Gasteiger partial charge in [0.05, 0.1) is 16.6 Å². The minimum atomic E-state index is -0.575. The van der Waals surface area contributed by atoms with Gasteiger partial charge in [0.25, 0.3) is 17.5 Å². The molecule has 0 saturated carbocycles. The average Bonchev–Trinajstić information content (AvgIpc) is 2.91. The molecule has 0 fully saturated rings. The molecule has 3 aromatic carbocycles. The fraction of sp³-hybridized carbons (Fsp3) is 0.120. The molecule has 3 amide bonds. The van der Waals surface area contributed by atoms with Crippen molar-refractivity contribution in [2.75, 3.05) is 13.2 Å². The maximum atomic E-state index is 12.0. The summed E-state index contributed by atoms with van der Waals surface area (Å²) < 4.78 is 5.41. The number of nitrogens with zero attached hydrogens (tertiary/aromatic N) is 2. The van der Waals surface area contributed by atoms with Gasteiger partial charge in [0.1, 0.15) is 5.75 Å². The molecule has 0 atom stereocenters. The van der Waals surface area contributed by atoms with Crippen molar-refractivity contribution in [1.29, 1.82) is 5.26 Å². The lowest BCUT2D eigenvalue weighted by Crippen LogP contribution is -2.44. The van der Waals surface area contributed by atoms with Crippen LogP contribution < -0.4 is 20.9 Å². The predicted molar refractivity (Wildman–Crippen MR) is 128 cm³/mol. The summed E-state index contributed by atoms with van der Waals surface area (Å²) in [6.07, 6.45) is -0.101. The zero-order valence-electron chi connectivity index (χ0n) is 18.9. The highest BCUT2D eigenvalue weighted by atomic mass is 16.6. The van der Waals surface area contributed by atoms with E-state index in [1.54, 1.807) is 24.3 Å². The van der Waals surface area contributed by atoms with Gasteiger partial charge < -0.3 is 10.1 Å². The van der Waals surface area contributed by atoms with Crippen molar-refractivity contribution in [3.8, 4) is 22.9 Å². The Morgan fingerprint density at radius 1 is 0.861 bits per heavy atom. The van der Waals surface area contributed by atoms with Crippen LogP contribution in [0.5, 0.6) is 5.75 Å². The van der Waals surface area contributed by atoms with E-state index in [-0.39, 0.29) is 30.8 Å². The number of amides is 3. The van der Waals surface area contributed by atoms with Gasteiger partial charge in [0, 0.05) is 30.7 Å². The Morgan fingerprint density at radius 2 is 1.44 bits per heavy atom. The van der Waals surface area contributed by atoms with E-state index in [2.05, 4.69) is 22.2 Å². The molecule has 3 aromatic rings. The van der Waals surface area contributed by atoms with Crippen molar-refractivity contribution in [3.05, 3.63) is 94.0 Å². The van der Waals surface area contributed by atoms with Crippen LogP contribution in [0.4, 0.5) is 5.69 Å². The van der Waals surface area contributed by atoms with Crippen LogP contribution in [-0.2, 0) is 9.59 Å². The number of hydrogen-bond donors (Lipinski definition) is 3. The van der Waals surface area contributed by atoms with E-state index in [9.17, 15) is 24.5 Å². The van der Waals surface area contributed by atoms with Crippen LogP contribution in [-0.4, -0.2) is 35.8 Å². The molecule has 0 radical (unpaired) electrons. The maximum absolute atomic E-state index is 12.0. The first-order valence-electron chi connectivity index (χ1n) is 10.7. The molecule has 11 nitrogen and oxygen atoms in total. The van der Waals surface area contributed by atoms with Gasteiger partial charge in [-0.2, -0.15) is 5.26 Å². The summed E-state index contributed by atoms with van der Waals surface area (Å²) in [5.41, 5.74) is 6.96. The van der Waals surface area contributed by atoms with Gasteiger partial charge in [-0.25, -0.2) is 0 Å². The molecule has 0 saturated heterocycles. The van der Waals surface area contributed by atoms with Crippen LogP contribution in [0, 0.1) is 21.4 Å². The number of hydrazine groups is 1. The minimum Gasteiger partial charge on any atom is -0.484 e. The van der Waals surface area contributed by atoms with Crippen molar-refractivity contribution in [1.82, 2.24) is 16.2 Å². The highest BCUT2D eigenvalue weighted by Crippen LogP contribution is 2.22. The largest absolute Gasteiger partial charge is 0.484 e. The second-order valence-corrected chi connectivity index (χ2v) is 7.41. The Kier molecular flexibility index (Phi) is 8.66. The molecule has 0 aliphatic heterocycles. The number of benzene rings is 3. The molecule has 0 heterocycles. The van der Waals surface area contributed by atoms with Gasteiger partial charge in [-0.1, -0.05) is 24.3 Å². The van der Waals surface area contributed by atoms with Crippen LogP contribution in [0.2, 0.25) is 0 Å². The van der Waals surface area contributed by atoms with E-state index in [0.29, 0.717) is 11.3 Å². The zero-order chi connectivity index (χ0) is 25.9. The van der Waals surface area contributed by atoms with Crippen molar-refractivity contribution < 1.29 is 24.0 Å². The van der Waals surface area contributed by atoms with Gasteiger partial charge in [0.15, 0.2) is 6.61 Å². The Labute approximate surface area is 205 Å². The smallest absolute Gasteiger partial charge is 0.276 e. The molecular weight excluding hydrogens is 466 g/mol. The number of nitro groups is 1. The summed E-state index contributed by atoms with van der Waals surface area (Å²) in [6, 6.07) is 21.3. The number of carbonyl (C=O) groups excluding carboxylic acids is 3. The molecule has 0 unspecified atom stereocenters. The number of nitriles is 1. The Hall–Kier alpha value is -5.24. The van der Waals surface area contributed by atoms with Gasteiger partial charge in [-0.3, -0.25) is 35.3 Å². The van der Waals surface area contributed by atoms with Gasteiger partial charge >= 0.3 is 0 Å². The predicted octanol–water partition coefficient (Wildman–Crippen LogP) is 2.48. The summed E-state index contributed by atoms with van der Waals surface area (Å²) in [6.45, 7) is -0.326. The summed E-state index contributed by atoms with van der Waals surface area (Å²) in [5, 5.41) is 22.0. The summed E-state index contributed by atoms with van der Waals surface area (Å²) in [4.78, 5) is 45.9. The number of nitro benzene ring substituents is 1. The van der Waals surface area contributed by atoms with Crippen LogP contribution in [0.1, 0.15) is 22.3 Å². The topological polar surface area (TPSA) is 163 Å². The summed E-state index contributed by atoms with van der Waals surface area (Å²) >= 11 is 0. The molecule has 3 rings (SSSR count). The average molecular weight is 487 g/mol.